The van der Waals surface area contributed by atoms with Gasteiger partial charge in [-0.1, -0.05) is 99.8 Å². The van der Waals surface area contributed by atoms with E-state index in [-0.39, 0.29) is 0 Å². The molecule has 2 nitrogen and oxygen atoms in total. The molecule has 0 unspecified atom stereocenters. The van der Waals surface area contributed by atoms with Gasteiger partial charge in [0.2, 0.25) is 0 Å². The zero-order valence-electron chi connectivity index (χ0n) is 23.5. The average Bonchev–Trinajstić information content (AvgIpc) is 3.22. The van der Waals surface area contributed by atoms with Crippen LogP contribution in [0.15, 0.2) is 60.2 Å². The molecule has 1 aromatic carbocycles. The minimum absolute atomic E-state index is 0.601. The van der Waals surface area contributed by atoms with E-state index >= 15 is 0 Å². The maximum absolute atomic E-state index is 4.94. The quantitative estimate of drug-likeness (QED) is 0.290. The van der Waals surface area contributed by atoms with Crippen LogP contribution in [0.2, 0.25) is 0 Å². The topological polar surface area (TPSA) is 6.48 Å². The van der Waals surface area contributed by atoms with Gasteiger partial charge in [0, 0.05) is 18.4 Å². The molecule has 0 radical (unpaired) electrons. The van der Waals surface area contributed by atoms with Crippen LogP contribution in [0.5, 0.6) is 0 Å². The molecule has 2 aliphatic carbocycles. The molecular formula is C32H46Cl3N2Rh. The number of rotatable bonds is 2. The van der Waals surface area contributed by atoms with Crippen LogP contribution in [0.3, 0.4) is 0 Å². The van der Waals surface area contributed by atoms with E-state index in [1.807, 2.05) is 0 Å². The second-order valence-electron chi connectivity index (χ2n) is 10.9. The van der Waals surface area contributed by atoms with Gasteiger partial charge in [-0.2, -0.15) is 0 Å². The average molecular weight is 668 g/mol. The van der Waals surface area contributed by atoms with E-state index in [1.165, 1.54) is 117 Å². The Morgan fingerprint density at radius 3 is 1.87 bits per heavy atom. The third-order valence-corrected chi connectivity index (χ3v) is 7.84. The molecular weight excluding hydrogens is 622 g/mol. The van der Waals surface area contributed by atoms with Crippen LogP contribution in [0.1, 0.15) is 107 Å². The van der Waals surface area contributed by atoms with Crippen LogP contribution in [0.25, 0.3) is 0 Å². The fraction of sp³-hybridized carbons (Fsp3) is 0.562. The Balaban J connectivity index is 0.000000934. The van der Waals surface area contributed by atoms with Gasteiger partial charge in [0.25, 0.3) is 0 Å². The van der Waals surface area contributed by atoms with Crippen molar-refractivity contribution in [3.05, 3.63) is 76.9 Å². The number of hydrogen-bond donors (Lipinski definition) is 0. The molecule has 1 aliphatic heterocycles. The van der Waals surface area contributed by atoms with Crippen molar-refractivity contribution in [1.29, 1.82) is 0 Å². The second kappa shape index (κ2) is 17.2. The van der Waals surface area contributed by atoms with Gasteiger partial charge in [0.15, 0.2) is 0 Å². The second-order valence-corrected chi connectivity index (χ2v) is 18.4. The predicted molar refractivity (Wildman–Crippen MR) is 165 cm³/mol. The normalized spacial score (nSPS) is 22.2. The summed E-state index contributed by atoms with van der Waals surface area (Å²) in [7, 11) is 14.8. The van der Waals surface area contributed by atoms with Gasteiger partial charge in [-0.3, -0.25) is 0 Å². The van der Waals surface area contributed by atoms with E-state index in [4.69, 9.17) is 29.1 Å². The molecule has 6 heteroatoms. The molecule has 4 rings (SSSR count). The molecule has 0 spiro atoms. The number of hydrogen-bond acceptors (Lipinski definition) is 2. The molecule has 0 bridgehead atoms. The fourth-order valence-corrected chi connectivity index (χ4v) is 6.20. The molecule has 1 heterocycles. The number of halogens is 3. The Kier molecular flexibility index (Phi) is 14.4. The van der Waals surface area contributed by atoms with E-state index in [0.717, 1.165) is 6.42 Å². The molecule has 0 N–H and O–H groups in total. The summed E-state index contributed by atoms with van der Waals surface area (Å²) in [5.74, 6) is 1.42. The first-order valence-corrected chi connectivity index (χ1v) is 20.8. The molecule has 1 fully saturated rings. The first kappa shape index (κ1) is 31.8. The summed E-state index contributed by atoms with van der Waals surface area (Å²) >= 11 is -1.66. The van der Waals surface area contributed by atoms with Crippen molar-refractivity contribution in [2.75, 3.05) is 4.90 Å². The number of aryl methyl sites for hydroxylation is 3. The SMILES string of the molecule is Cc1cc(C)c(N2C=CN(C3CCCCCCCCCCC3)C2=C2C=CC=CCCC2)c(C)c1.[Cl][Rh]([Cl])[Cl]. The number of benzene rings is 1. The molecule has 0 saturated heterocycles. The van der Waals surface area contributed by atoms with Crippen molar-refractivity contribution in [2.24, 2.45) is 0 Å². The van der Waals surface area contributed by atoms with Gasteiger partial charge < -0.3 is 9.80 Å². The Morgan fingerprint density at radius 1 is 0.737 bits per heavy atom. The Hall–Kier alpha value is -0.727. The first-order valence-electron chi connectivity index (χ1n) is 14.4. The van der Waals surface area contributed by atoms with Gasteiger partial charge in [-0.25, -0.2) is 0 Å². The number of nitrogens with zero attached hydrogens (tertiary/aromatic N) is 2. The summed E-state index contributed by atoms with van der Waals surface area (Å²) in [5.41, 5.74) is 6.94. The van der Waals surface area contributed by atoms with Gasteiger partial charge in [0.1, 0.15) is 5.82 Å². The monoisotopic (exact) mass is 666 g/mol. The maximum atomic E-state index is 4.94. The van der Waals surface area contributed by atoms with Crippen LogP contribution in [0.4, 0.5) is 5.69 Å². The molecule has 1 aromatic rings. The van der Waals surface area contributed by atoms with Crippen molar-refractivity contribution in [1.82, 2.24) is 4.90 Å². The number of allylic oxidation sites excluding steroid dienone is 5. The van der Waals surface area contributed by atoms with Crippen molar-refractivity contribution < 1.29 is 13.0 Å². The van der Waals surface area contributed by atoms with Crippen LogP contribution in [-0.2, 0) is 13.0 Å². The van der Waals surface area contributed by atoms with E-state index in [2.05, 4.69) is 79.4 Å². The summed E-state index contributed by atoms with van der Waals surface area (Å²) in [4.78, 5) is 5.20. The Labute approximate surface area is 249 Å². The third kappa shape index (κ3) is 10.0. The van der Waals surface area contributed by atoms with Gasteiger partial charge in [-0.05, 0) is 69.6 Å². The molecule has 214 valence electrons. The van der Waals surface area contributed by atoms with Crippen LogP contribution >= 0.6 is 29.1 Å². The van der Waals surface area contributed by atoms with E-state index in [9.17, 15) is 0 Å². The predicted octanol–water partition coefficient (Wildman–Crippen LogP) is 11.5. The zero-order valence-corrected chi connectivity index (χ0v) is 27.4. The minimum atomic E-state index is -1.66. The van der Waals surface area contributed by atoms with Crippen LogP contribution < -0.4 is 4.90 Å². The summed E-state index contributed by atoms with van der Waals surface area (Å²) in [5, 5.41) is 0. The number of anilines is 1. The summed E-state index contributed by atoms with van der Waals surface area (Å²) in [6, 6.07) is 5.28. The third-order valence-electron chi connectivity index (χ3n) is 7.84. The zero-order chi connectivity index (χ0) is 27.3. The molecule has 0 atom stereocenters. The van der Waals surface area contributed by atoms with Crippen molar-refractivity contribution in [3.8, 4) is 0 Å². The summed E-state index contributed by atoms with van der Waals surface area (Å²) in [6.07, 6.45) is 32.7. The van der Waals surface area contributed by atoms with Gasteiger partial charge in [0.05, 0.1) is 5.69 Å². The molecule has 0 aromatic heterocycles. The van der Waals surface area contributed by atoms with E-state index in [1.54, 1.807) is 0 Å². The van der Waals surface area contributed by atoms with Gasteiger partial charge in [-0.15, -0.1) is 0 Å². The fourth-order valence-electron chi connectivity index (χ4n) is 6.20. The van der Waals surface area contributed by atoms with E-state index < -0.39 is 13.0 Å². The molecule has 38 heavy (non-hydrogen) atoms. The van der Waals surface area contributed by atoms with Crippen molar-refractivity contribution in [2.45, 2.75) is 117 Å². The molecule has 1 saturated carbocycles. The Bertz CT molecular complexity index is 961. The van der Waals surface area contributed by atoms with Crippen molar-refractivity contribution >= 4 is 34.8 Å². The first-order chi connectivity index (χ1) is 18.4. The van der Waals surface area contributed by atoms with E-state index in [0.29, 0.717) is 6.04 Å². The van der Waals surface area contributed by atoms with Crippen LogP contribution in [0, 0.1) is 20.8 Å². The Morgan fingerprint density at radius 2 is 1.29 bits per heavy atom. The summed E-state index contributed by atoms with van der Waals surface area (Å²) in [6.45, 7) is 6.77. The summed E-state index contributed by atoms with van der Waals surface area (Å²) < 4.78 is 0. The molecule has 0 amide bonds. The van der Waals surface area contributed by atoms with Crippen LogP contribution in [-0.4, -0.2) is 10.9 Å². The van der Waals surface area contributed by atoms with Crippen molar-refractivity contribution in [3.63, 3.8) is 0 Å². The molecule has 3 aliphatic rings. The standard InChI is InChI=1S/C32H46N2.3ClH.Rh/c1-26-24-27(2)31(28(3)25-26)34-23-22-33(32(34)29-18-14-10-9-11-15-19-29)30-20-16-12-7-5-4-6-8-13-17-21-30;;;;/h9-10,14,18,22-25,30H,4-8,11-13,15-17,19-21H2,1-3H3;3*1H;/q;;;;+3/p-3. The van der Waals surface area contributed by atoms with Gasteiger partial charge >= 0.3 is 42.1 Å².